The highest BCUT2D eigenvalue weighted by atomic mass is 16.8. The van der Waals surface area contributed by atoms with E-state index >= 15 is 0 Å². The summed E-state index contributed by atoms with van der Waals surface area (Å²) in [5.74, 6) is -0.753. The molecule has 0 saturated carbocycles. The average Bonchev–Trinajstić information content (AvgIpc) is 2.90. The van der Waals surface area contributed by atoms with Crippen LogP contribution >= 0.6 is 0 Å². The fourth-order valence-electron chi connectivity index (χ4n) is 3.07. The smallest absolute Gasteiger partial charge is 0.468 e. The maximum absolute atomic E-state index is 12.6. The Balaban J connectivity index is 3.14. The van der Waals surface area contributed by atoms with Gasteiger partial charge in [-0.25, -0.2) is 14.4 Å². The molecule has 42 heavy (non-hydrogen) atoms. The van der Waals surface area contributed by atoms with E-state index in [2.05, 4.69) is 5.32 Å². The number of hydrogen-bond donors (Lipinski definition) is 1. The van der Waals surface area contributed by atoms with Gasteiger partial charge in [-0.05, 0) is 84.9 Å². The van der Waals surface area contributed by atoms with Crippen molar-refractivity contribution in [3.8, 4) is 11.5 Å². The number of esters is 1. The molecule has 0 bridgehead atoms. The summed E-state index contributed by atoms with van der Waals surface area (Å²) in [5, 5.41) is 3.02. The largest absolute Gasteiger partial charge is 0.514 e. The standard InChI is InChI=1S/C30H47NO11/c1-11-19(4)37-26(33)38-20(5)18-31-22(25(32)36-10)16-21-14-15-23(39-27(34)41-29(6,7)12-2)24(17-21)40-28(35)42-30(8,9)13-3/h14-15,17,19-20,22,31H,11-13,16,18H2,1-10H3/t19?,20?,22-/m0/s1. The summed E-state index contributed by atoms with van der Waals surface area (Å²) >= 11 is 0. The number of rotatable bonds is 15. The quantitative estimate of drug-likeness (QED) is 0.141. The van der Waals surface area contributed by atoms with Crippen molar-refractivity contribution in [3.05, 3.63) is 23.8 Å². The summed E-state index contributed by atoms with van der Waals surface area (Å²) < 4.78 is 36.8. The Morgan fingerprint density at radius 3 is 1.81 bits per heavy atom. The van der Waals surface area contributed by atoms with Crippen LogP contribution in [0.3, 0.4) is 0 Å². The molecule has 1 aromatic rings. The van der Waals surface area contributed by atoms with Crippen LogP contribution in [0, 0.1) is 0 Å². The van der Waals surface area contributed by atoms with Crippen molar-refractivity contribution in [3.63, 3.8) is 0 Å². The zero-order chi connectivity index (χ0) is 32.1. The summed E-state index contributed by atoms with van der Waals surface area (Å²) in [4.78, 5) is 49.5. The molecule has 12 nitrogen and oxygen atoms in total. The first-order valence-electron chi connectivity index (χ1n) is 14.2. The van der Waals surface area contributed by atoms with Crippen LogP contribution in [0.25, 0.3) is 0 Å². The SMILES string of the molecule is CCC(C)OC(=O)OC(C)CN[C@@H](Cc1ccc(OC(=O)OC(C)(C)CC)c(OC(=O)OC(C)(C)CC)c1)C(=O)OC. The molecule has 12 heteroatoms. The third-order valence-corrected chi connectivity index (χ3v) is 6.56. The Morgan fingerprint density at radius 1 is 0.786 bits per heavy atom. The predicted molar refractivity (Wildman–Crippen MR) is 154 cm³/mol. The number of carbonyl (C=O) groups is 4. The van der Waals surface area contributed by atoms with E-state index in [4.69, 9.17) is 33.2 Å². The molecular weight excluding hydrogens is 550 g/mol. The Labute approximate surface area is 248 Å². The normalized spacial score (nSPS) is 13.7. The summed E-state index contributed by atoms with van der Waals surface area (Å²) in [6.45, 7) is 16.1. The zero-order valence-corrected chi connectivity index (χ0v) is 26.5. The molecule has 0 fully saturated rings. The fraction of sp³-hybridized carbons (Fsp3) is 0.667. The second-order valence-corrected chi connectivity index (χ2v) is 11.1. The molecule has 3 atom stereocenters. The van der Waals surface area contributed by atoms with Crippen molar-refractivity contribution in [2.45, 2.75) is 117 Å². The van der Waals surface area contributed by atoms with E-state index < -0.39 is 47.8 Å². The van der Waals surface area contributed by atoms with Gasteiger partial charge in [0.15, 0.2) is 11.5 Å². The summed E-state index contributed by atoms with van der Waals surface area (Å²) in [5.41, 5.74) is -1.03. The molecule has 2 unspecified atom stereocenters. The predicted octanol–water partition coefficient (Wildman–Crippen LogP) is 6.11. The third kappa shape index (κ3) is 13.4. The van der Waals surface area contributed by atoms with Gasteiger partial charge >= 0.3 is 24.4 Å². The van der Waals surface area contributed by atoms with Gasteiger partial charge < -0.3 is 38.5 Å². The molecule has 0 saturated heterocycles. The molecule has 1 aromatic carbocycles. The highest BCUT2D eigenvalue weighted by Gasteiger charge is 2.27. The summed E-state index contributed by atoms with van der Waals surface area (Å²) in [7, 11) is 1.25. The van der Waals surface area contributed by atoms with E-state index in [1.807, 2.05) is 20.8 Å². The number of hydrogen-bond acceptors (Lipinski definition) is 12. The zero-order valence-electron chi connectivity index (χ0n) is 26.5. The number of benzene rings is 1. The van der Waals surface area contributed by atoms with Gasteiger partial charge in [-0.2, -0.15) is 0 Å². The van der Waals surface area contributed by atoms with Crippen LogP contribution in [-0.4, -0.2) is 67.5 Å². The number of methoxy groups -OCH3 is 1. The minimum Gasteiger partial charge on any atom is -0.468 e. The molecule has 0 aliphatic heterocycles. The van der Waals surface area contributed by atoms with E-state index in [-0.39, 0.29) is 30.6 Å². The molecular formula is C30H47NO11. The van der Waals surface area contributed by atoms with Gasteiger partial charge in [0.25, 0.3) is 0 Å². The van der Waals surface area contributed by atoms with Gasteiger partial charge in [-0.15, -0.1) is 0 Å². The van der Waals surface area contributed by atoms with Crippen molar-refractivity contribution in [1.82, 2.24) is 5.32 Å². The second kappa shape index (κ2) is 16.8. The van der Waals surface area contributed by atoms with Gasteiger partial charge in [0, 0.05) is 6.54 Å². The van der Waals surface area contributed by atoms with Crippen LogP contribution in [0.4, 0.5) is 14.4 Å². The highest BCUT2D eigenvalue weighted by Crippen LogP contribution is 2.31. The van der Waals surface area contributed by atoms with Crippen molar-refractivity contribution < 1.29 is 52.3 Å². The maximum atomic E-state index is 12.6. The van der Waals surface area contributed by atoms with Gasteiger partial charge in [0.05, 0.1) is 7.11 Å². The van der Waals surface area contributed by atoms with E-state index in [0.717, 1.165) is 0 Å². The van der Waals surface area contributed by atoms with Crippen LogP contribution in [0.2, 0.25) is 0 Å². The van der Waals surface area contributed by atoms with Crippen molar-refractivity contribution in [2.24, 2.45) is 0 Å². The Morgan fingerprint density at radius 2 is 1.31 bits per heavy atom. The first-order valence-corrected chi connectivity index (χ1v) is 14.2. The Kier molecular flexibility index (Phi) is 14.6. The third-order valence-electron chi connectivity index (χ3n) is 6.56. The van der Waals surface area contributed by atoms with Gasteiger partial charge in [-0.3, -0.25) is 4.79 Å². The molecule has 0 aliphatic rings. The van der Waals surface area contributed by atoms with Crippen LogP contribution in [0.1, 0.15) is 87.1 Å². The summed E-state index contributed by atoms with van der Waals surface area (Å²) in [6, 6.07) is 3.62. The summed E-state index contributed by atoms with van der Waals surface area (Å²) in [6.07, 6.45) is -1.84. The molecule has 0 radical (unpaired) electrons. The van der Waals surface area contributed by atoms with E-state index in [1.165, 1.54) is 19.2 Å². The van der Waals surface area contributed by atoms with Gasteiger partial charge in [0.2, 0.25) is 0 Å². The topological polar surface area (TPSA) is 145 Å². The molecule has 0 aromatic heterocycles. The molecule has 0 spiro atoms. The van der Waals surface area contributed by atoms with Crippen LogP contribution in [-0.2, 0) is 34.9 Å². The minimum absolute atomic E-state index is 0.0775. The fourth-order valence-corrected chi connectivity index (χ4v) is 3.07. The maximum Gasteiger partial charge on any atom is 0.514 e. The van der Waals surface area contributed by atoms with Gasteiger partial charge in [0.1, 0.15) is 29.5 Å². The van der Waals surface area contributed by atoms with Crippen LogP contribution < -0.4 is 14.8 Å². The van der Waals surface area contributed by atoms with Crippen molar-refractivity contribution in [1.29, 1.82) is 0 Å². The number of carbonyl (C=O) groups excluding carboxylic acids is 4. The van der Waals surface area contributed by atoms with Crippen LogP contribution in [0.5, 0.6) is 11.5 Å². The molecule has 1 N–H and O–H groups in total. The first-order chi connectivity index (χ1) is 19.5. The van der Waals surface area contributed by atoms with E-state index in [0.29, 0.717) is 24.8 Å². The Bertz CT molecular complexity index is 1050. The lowest BCUT2D eigenvalue weighted by molar-refractivity contribution is -0.143. The second-order valence-electron chi connectivity index (χ2n) is 11.1. The first kappa shape index (κ1) is 36.5. The molecule has 238 valence electrons. The lowest BCUT2D eigenvalue weighted by atomic mass is 10.0. The van der Waals surface area contributed by atoms with E-state index in [9.17, 15) is 19.2 Å². The van der Waals surface area contributed by atoms with Crippen LogP contribution in [0.15, 0.2) is 18.2 Å². The van der Waals surface area contributed by atoms with Crippen molar-refractivity contribution in [2.75, 3.05) is 13.7 Å². The molecule has 0 amide bonds. The lowest BCUT2D eigenvalue weighted by Gasteiger charge is -2.24. The van der Waals surface area contributed by atoms with Crippen molar-refractivity contribution >= 4 is 24.4 Å². The number of nitrogens with one attached hydrogen (secondary N) is 1. The highest BCUT2D eigenvalue weighted by molar-refractivity contribution is 5.76. The molecule has 1 rings (SSSR count). The monoisotopic (exact) mass is 597 g/mol. The molecule has 0 aliphatic carbocycles. The average molecular weight is 598 g/mol. The van der Waals surface area contributed by atoms with Gasteiger partial charge in [-0.1, -0.05) is 26.8 Å². The number of ether oxygens (including phenoxy) is 7. The lowest BCUT2D eigenvalue weighted by Crippen LogP contribution is -2.43. The van der Waals surface area contributed by atoms with E-state index in [1.54, 1.807) is 47.6 Å². The Hall–Kier alpha value is -3.54. The molecule has 0 heterocycles. The minimum atomic E-state index is -0.996.